The standard InChI is InChI=1S/C14H21N3O3S/c1-11(2)7-10-21(19,20)16-12-3-5-13(6-4-12)17-9-8-15-14(17)18/h3-6,11,16H,7-10H2,1-2H3,(H,15,18). The zero-order valence-electron chi connectivity index (χ0n) is 12.3. The van der Waals surface area contributed by atoms with Gasteiger partial charge in [0.25, 0.3) is 0 Å². The molecule has 21 heavy (non-hydrogen) atoms. The van der Waals surface area contributed by atoms with Crippen LogP contribution in [0.4, 0.5) is 16.2 Å². The first kappa shape index (κ1) is 15.6. The molecule has 1 saturated heterocycles. The Bertz CT molecular complexity index is 596. The van der Waals surface area contributed by atoms with E-state index < -0.39 is 10.0 Å². The Hall–Kier alpha value is -1.76. The average molecular weight is 311 g/mol. The molecule has 2 amide bonds. The molecule has 7 heteroatoms. The summed E-state index contributed by atoms with van der Waals surface area (Å²) in [6, 6.07) is 6.71. The Labute approximate surface area is 125 Å². The van der Waals surface area contributed by atoms with Crippen LogP contribution in [0.15, 0.2) is 24.3 Å². The maximum atomic E-state index is 11.9. The molecule has 2 N–H and O–H groups in total. The second-order valence-electron chi connectivity index (χ2n) is 5.53. The monoisotopic (exact) mass is 311 g/mol. The molecular weight excluding hydrogens is 290 g/mol. The normalized spacial score (nSPS) is 15.4. The summed E-state index contributed by atoms with van der Waals surface area (Å²) < 4.78 is 26.4. The number of carbonyl (C=O) groups excluding carboxylic acids is 1. The number of nitrogens with zero attached hydrogens (tertiary/aromatic N) is 1. The number of benzene rings is 1. The number of amides is 2. The topological polar surface area (TPSA) is 78.5 Å². The molecule has 1 aliphatic rings. The van der Waals surface area contributed by atoms with Crippen LogP contribution >= 0.6 is 0 Å². The Kier molecular flexibility index (Phi) is 4.72. The molecule has 0 aliphatic carbocycles. The largest absolute Gasteiger partial charge is 0.336 e. The van der Waals surface area contributed by atoms with Gasteiger partial charge in [-0.1, -0.05) is 13.8 Å². The van der Waals surface area contributed by atoms with Crippen molar-refractivity contribution >= 4 is 27.4 Å². The third-order valence-corrected chi connectivity index (χ3v) is 4.59. The number of hydrogen-bond donors (Lipinski definition) is 2. The Morgan fingerprint density at radius 3 is 2.48 bits per heavy atom. The van der Waals surface area contributed by atoms with Crippen LogP contribution in [-0.4, -0.2) is 33.3 Å². The van der Waals surface area contributed by atoms with Crippen molar-refractivity contribution in [2.45, 2.75) is 20.3 Å². The first-order valence-electron chi connectivity index (χ1n) is 7.03. The van der Waals surface area contributed by atoms with Crippen LogP contribution in [0.25, 0.3) is 0 Å². The van der Waals surface area contributed by atoms with E-state index in [-0.39, 0.29) is 11.8 Å². The molecule has 1 aromatic carbocycles. The highest BCUT2D eigenvalue weighted by atomic mass is 32.2. The number of rotatable bonds is 6. The van der Waals surface area contributed by atoms with Crippen LogP contribution in [-0.2, 0) is 10.0 Å². The lowest BCUT2D eigenvalue weighted by molar-refractivity contribution is 0.252. The van der Waals surface area contributed by atoms with Gasteiger partial charge in [0.1, 0.15) is 0 Å². The zero-order chi connectivity index (χ0) is 15.5. The summed E-state index contributed by atoms with van der Waals surface area (Å²) in [6.45, 7) is 5.23. The highest BCUT2D eigenvalue weighted by Crippen LogP contribution is 2.20. The van der Waals surface area contributed by atoms with Crippen LogP contribution in [0.2, 0.25) is 0 Å². The third-order valence-electron chi connectivity index (χ3n) is 3.27. The first-order valence-corrected chi connectivity index (χ1v) is 8.68. The lowest BCUT2D eigenvalue weighted by Crippen LogP contribution is -2.27. The summed E-state index contributed by atoms with van der Waals surface area (Å²) in [6.07, 6.45) is 0.626. The van der Waals surface area contributed by atoms with Crippen LogP contribution in [0.5, 0.6) is 0 Å². The van der Waals surface area contributed by atoms with Crippen LogP contribution in [0.3, 0.4) is 0 Å². The molecule has 1 fully saturated rings. The molecule has 1 aromatic rings. The number of hydrogen-bond acceptors (Lipinski definition) is 3. The highest BCUT2D eigenvalue weighted by Gasteiger charge is 2.21. The maximum Gasteiger partial charge on any atom is 0.321 e. The molecule has 0 aromatic heterocycles. The van der Waals surface area contributed by atoms with E-state index in [1.807, 2.05) is 13.8 Å². The summed E-state index contributed by atoms with van der Waals surface area (Å²) in [4.78, 5) is 13.2. The average Bonchev–Trinajstić information content (AvgIpc) is 2.83. The van der Waals surface area contributed by atoms with Gasteiger partial charge in [0.05, 0.1) is 5.75 Å². The van der Waals surface area contributed by atoms with Gasteiger partial charge < -0.3 is 5.32 Å². The molecule has 0 saturated carbocycles. The smallest absolute Gasteiger partial charge is 0.321 e. The SMILES string of the molecule is CC(C)CCS(=O)(=O)Nc1ccc(N2CCNC2=O)cc1. The fourth-order valence-corrected chi connectivity index (χ4v) is 3.43. The number of urea groups is 1. The van der Waals surface area contributed by atoms with Crippen molar-refractivity contribution in [1.82, 2.24) is 5.32 Å². The van der Waals surface area contributed by atoms with Gasteiger partial charge in [0.15, 0.2) is 0 Å². The lowest BCUT2D eigenvalue weighted by atomic mass is 10.2. The minimum absolute atomic E-state index is 0.112. The predicted molar refractivity (Wildman–Crippen MR) is 84.1 cm³/mol. The van der Waals surface area contributed by atoms with Crippen LogP contribution < -0.4 is 14.9 Å². The third kappa shape index (κ3) is 4.35. The van der Waals surface area contributed by atoms with Gasteiger partial charge in [-0.15, -0.1) is 0 Å². The van der Waals surface area contributed by atoms with Gasteiger partial charge in [-0.05, 0) is 36.6 Å². The van der Waals surface area contributed by atoms with Crippen molar-refractivity contribution in [3.63, 3.8) is 0 Å². The molecule has 1 heterocycles. The number of nitrogens with one attached hydrogen (secondary N) is 2. The van der Waals surface area contributed by atoms with E-state index in [0.717, 1.165) is 5.69 Å². The Morgan fingerprint density at radius 1 is 1.29 bits per heavy atom. The molecule has 116 valence electrons. The van der Waals surface area contributed by atoms with E-state index in [1.54, 1.807) is 29.2 Å². The van der Waals surface area contributed by atoms with Gasteiger partial charge >= 0.3 is 6.03 Å². The van der Waals surface area contributed by atoms with Crippen molar-refractivity contribution in [1.29, 1.82) is 0 Å². The fraction of sp³-hybridized carbons (Fsp3) is 0.500. The van der Waals surface area contributed by atoms with E-state index >= 15 is 0 Å². The highest BCUT2D eigenvalue weighted by molar-refractivity contribution is 7.92. The number of anilines is 2. The number of sulfonamides is 1. The Morgan fingerprint density at radius 2 is 1.95 bits per heavy atom. The van der Waals surface area contributed by atoms with Crippen molar-refractivity contribution in [2.75, 3.05) is 28.5 Å². The quantitative estimate of drug-likeness (QED) is 0.843. The molecular formula is C14H21N3O3S. The number of carbonyl (C=O) groups is 1. The van der Waals surface area contributed by atoms with E-state index in [1.165, 1.54) is 0 Å². The van der Waals surface area contributed by atoms with Gasteiger partial charge in [0.2, 0.25) is 10.0 Å². The molecule has 0 spiro atoms. The van der Waals surface area contributed by atoms with Gasteiger partial charge in [-0.25, -0.2) is 13.2 Å². The molecule has 1 aliphatic heterocycles. The minimum Gasteiger partial charge on any atom is -0.336 e. The molecule has 0 bridgehead atoms. The van der Waals surface area contributed by atoms with Crippen LogP contribution in [0, 0.1) is 5.92 Å². The summed E-state index contributed by atoms with van der Waals surface area (Å²) in [5.41, 5.74) is 1.28. The summed E-state index contributed by atoms with van der Waals surface area (Å²) in [5, 5.41) is 2.72. The minimum atomic E-state index is -3.32. The zero-order valence-corrected chi connectivity index (χ0v) is 13.1. The second kappa shape index (κ2) is 6.34. The Balaban J connectivity index is 2.00. The molecule has 6 nitrogen and oxygen atoms in total. The summed E-state index contributed by atoms with van der Waals surface area (Å²) in [5.74, 6) is 0.457. The van der Waals surface area contributed by atoms with Crippen molar-refractivity contribution in [3.05, 3.63) is 24.3 Å². The molecule has 0 unspecified atom stereocenters. The van der Waals surface area contributed by atoms with Crippen LogP contribution in [0.1, 0.15) is 20.3 Å². The van der Waals surface area contributed by atoms with Gasteiger partial charge in [0, 0.05) is 24.5 Å². The van der Waals surface area contributed by atoms with E-state index in [0.29, 0.717) is 31.1 Å². The predicted octanol–water partition coefficient (Wildman–Crippen LogP) is 2.00. The second-order valence-corrected chi connectivity index (χ2v) is 7.38. The fourth-order valence-electron chi connectivity index (χ4n) is 2.05. The van der Waals surface area contributed by atoms with E-state index in [2.05, 4.69) is 10.0 Å². The summed E-state index contributed by atoms with van der Waals surface area (Å²) >= 11 is 0. The van der Waals surface area contributed by atoms with Crippen molar-refractivity contribution in [2.24, 2.45) is 5.92 Å². The van der Waals surface area contributed by atoms with E-state index in [4.69, 9.17) is 0 Å². The van der Waals surface area contributed by atoms with Gasteiger partial charge in [-0.2, -0.15) is 0 Å². The van der Waals surface area contributed by atoms with Crippen molar-refractivity contribution < 1.29 is 13.2 Å². The van der Waals surface area contributed by atoms with Gasteiger partial charge in [-0.3, -0.25) is 9.62 Å². The van der Waals surface area contributed by atoms with Crippen molar-refractivity contribution in [3.8, 4) is 0 Å². The molecule has 2 rings (SSSR count). The summed E-state index contributed by atoms with van der Waals surface area (Å²) in [7, 11) is -3.32. The molecule has 0 radical (unpaired) electrons. The lowest BCUT2D eigenvalue weighted by Gasteiger charge is -2.15. The first-order chi connectivity index (χ1) is 9.87. The molecule has 0 atom stereocenters. The maximum absolute atomic E-state index is 11.9. The van der Waals surface area contributed by atoms with E-state index in [9.17, 15) is 13.2 Å².